The minimum atomic E-state index is -4.27. The molecule has 0 aliphatic rings. The first-order valence-electron chi connectivity index (χ1n) is 8.47. The van der Waals surface area contributed by atoms with Crippen LogP contribution in [0.25, 0.3) is 0 Å². The summed E-state index contributed by atoms with van der Waals surface area (Å²) in [6.45, 7) is -0.436. The first-order chi connectivity index (χ1) is 14.1. The normalized spacial score (nSPS) is 11.9. The lowest BCUT2D eigenvalue weighted by molar-refractivity contribution is -0.122. The molecule has 158 valence electrons. The Kier molecular flexibility index (Phi) is 7.54. The molecule has 0 bridgehead atoms. The van der Waals surface area contributed by atoms with Crippen molar-refractivity contribution >= 4 is 21.7 Å². The molecule has 0 radical (unpaired) electrons. The molecule has 2 aromatic rings. The van der Waals surface area contributed by atoms with Gasteiger partial charge in [0.05, 0.1) is 17.6 Å². The summed E-state index contributed by atoms with van der Waals surface area (Å²) in [5, 5.41) is 13.0. The maximum Gasteiger partial charge on any atom is 0.251 e. The van der Waals surface area contributed by atoms with Gasteiger partial charge in [0.2, 0.25) is 5.91 Å². The molecule has 0 fully saturated rings. The molecule has 0 aromatic heterocycles. The van der Waals surface area contributed by atoms with Crippen LogP contribution in [-0.2, 0) is 20.4 Å². The van der Waals surface area contributed by atoms with E-state index in [9.17, 15) is 31.2 Å². The van der Waals surface area contributed by atoms with Crippen LogP contribution in [0.15, 0.2) is 42.5 Å². The highest BCUT2D eigenvalue weighted by atomic mass is 32.2. The molecule has 0 spiro atoms. The second kappa shape index (κ2) is 9.89. The summed E-state index contributed by atoms with van der Waals surface area (Å²) in [5.74, 6) is -7.85. The number of carbonyl (C=O) groups excluding carboxylic acids is 2. The average molecular weight is 439 g/mol. The fraction of sp³-hybridized carbons (Fsp3) is 0.211. The van der Waals surface area contributed by atoms with Gasteiger partial charge >= 0.3 is 0 Å². The first-order valence-corrected chi connectivity index (χ1v) is 10.3. The number of hydrogen-bond acceptors (Lipinski definition) is 5. The van der Waals surface area contributed by atoms with Crippen molar-refractivity contribution in [3.63, 3.8) is 0 Å². The summed E-state index contributed by atoms with van der Waals surface area (Å²) in [7, 11) is -4.27. The Labute approximate surface area is 170 Å². The number of carbonyl (C=O) groups is 2. The fourth-order valence-corrected chi connectivity index (χ4v) is 4.04. The third kappa shape index (κ3) is 6.31. The van der Waals surface area contributed by atoms with Crippen molar-refractivity contribution in [3.05, 3.63) is 71.0 Å². The molecule has 2 rings (SSSR count). The standard InChI is InChI=1S/C19H16F3N3O4S/c20-14-9-16(22)15(21)8-13(14)10-30(28,29)11-17(19(27)24-7-6-23)25-18(26)12-4-2-1-3-5-12/h1-5,8-9,17H,7,10-11H2,(H,24,27)(H,25,26). The van der Waals surface area contributed by atoms with E-state index in [-0.39, 0.29) is 11.6 Å². The van der Waals surface area contributed by atoms with Gasteiger partial charge in [0.15, 0.2) is 21.5 Å². The van der Waals surface area contributed by atoms with Crippen molar-refractivity contribution < 1.29 is 31.2 Å². The Hall–Kier alpha value is -3.39. The molecule has 7 nitrogen and oxygen atoms in total. The maximum absolute atomic E-state index is 13.8. The second-order valence-corrected chi connectivity index (χ2v) is 8.29. The van der Waals surface area contributed by atoms with Gasteiger partial charge in [-0.1, -0.05) is 18.2 Å². The van der Waals surface area contributed by atoms with Crippen LogP contribution < -0.4 is 10.6 Å². The highest BCUT2D eigenvalue weighted by Gasteiger charge is 2.28. The number of amides is 2. The number of benzene rings is 2. The van der Waals surface area contributed by atoms with E-state index in [1.165, 1.54) is 12.1 Å². The number of nitrogens with one attached hydrogen (secondary N) is 2. The number of hydrogen-bond donors (Lipinski definition) is 2. The number of nitrogens with zero attached hydrogens (tertiary/aromatic N) is 1. The number of rotatable bonds is 8. The Bertz CT molecular complexity index is 1090. The monoisotopic (exact) mass is 439 g/mol. The van der Waals surface area contributed by atoms with E-state index < -0.39 is 68.8 Å². The van der Waals surface area contributed by atoms with Crippen molar-refractivity contribution in [2.75, 3.05) is 12.3 Å². The molecule has 0 aliphatic heterocycles. The maximum atomic E-state index is 13.8. The highest BCUT2D eigenvalue weighted by molar-refractivity contribution is 7.90. The number of halogens is 3. The van der Waals surface area contributed by atoms with E-state index in [0.717, 1.165) is 0 Å². The molecule has 1 unspecified atom stereocenters. The van der Waals surface area contributed by atoms with E-state index in [0.29, 0.717) is 6.07 Å². The summed E-state index contributed by atoms with van der Waals surface area (Å²) in [5.41, 5.74) is -0.473. The molecule has 30 heavy (non-hydrogen) atoms. The third-order valence-corrected chi connectivity index (χ3v) is 5.48. The largest absolute Gasteiger partial charge is 0.341 e. The van der Waals surface area contributed by atoms with Crippen LogP contribution in [0.4, 0.5) is 13.2 Å². The molecule has 11 heteroatoms. The molecule has 2 aromatic carbocycles. The van der Waals surface area contributed by atoms with Crippen LogP contribution >= 0.6 is 0 Å². The molecular formula is C19H16F3N3O4S. The lowest BCUT2D eigenvalue weighted by Gasteiger charge is -2.18. The summed E-state index contributed by atoms with van der Waals surface area (Å²) in [4.78, 5) is 24.6. The fourth-order valence-electron chi connectivity index (χ4n) is 2.49. The van der Waals surface area contributed by atoms with E-state index >= 15 is 0 Å². The molecular weight excluding hydrogens is 423 g/mol. The van der Waals surface area contributed by atoms with E-state index in [1.54, 1.807) is 24.3 Å². The minimum absolute atomic E-state index is 0.152. The molecule has 1 atom stereocenters. The lowest BCUT2D eigenvalue weighted by Crippen LogP contribution is -2.50. The number of nitriles is 1. The van der Waals surface area contributed by atoms with Crippen LogP contribution in [0.3, 0.4) is 0 Å². The summed E-state index contributed by atoms with van der Waals surface area (Å²) < 4.78 is 65.1. The quantitative estimate of drug-likeness (QED) is 0.477. The van der Waals surface area contributed by atoms with Crippen LogP contribution in [0.1, 0.15) is 15.9 Å². The van der Waals surface area contributed by atoms with Gasteiger partial charge in [0.25, 0.3) is 5.91 Å². The van der Waals surface area contributed by atoms with Crippen molar-refractivity contribution in [2.24, 2.45) is 0 Å². The predicted molar refractivity (Wildman–Crippen MR) is 100 cm³/mol. The molecule has 0 saturated heterocycles. The molecule has 2 N–H and O–H groups in total. The third-order valence-electron chi connectivity index (χ3n) is 3.88. The smallest absolute Gasteiger partial charge is 0.251 e. The van der Waals surface area contributed by atoms with Gasteiger partial charge in [-0.15, -0.1) is 0 Å². The van der Waals surface area contributed by atoms with Gasteiger partial charge in [0.1, 0.15) is 18.4 Å². The topological polar surface area (TPSA) is 116 Å². The van der Waals surface area contributed by atoms with Crippen LogP contribution in [0.5, 0.6) is 0 Å². The first kappa shape index (κ1) is 22.9. The van der Waals surface area contributed by atoms with Gasteiger partial charge < -0.3 is 10.6 Å². The minimum Gasteiger partial charge on any atom is -0.341 e. The van der Waals surface area contributed by atoms with Crippen molar-refractivity contribution in [1.82, 2.24) is 10.6 Å². The van der Waals surface area contributed by atoms with Crippen LogP contribution in [0.2, 0.25) is 0 Å². The molecule has 0 aliphatic carbocycles. The zero-order valence-electron chi connectivity index (χ0n) is 15.4. The van der Waals surface area contributed by atoms with Gasteiger partial charge in [-0.2, -0.15) is 5.26 Å². The Morgan fingerprint density at radius 3 is 2.30 bits per heavy atom. The van der Waals surface area contributed by atoms with Gasteiger partial charge in [-0.3, -0.25) is 9.59 Å². The van der Waals surface area contributed by atoms with Crippen molar-refractivity contribution in [2.45, 2.75) is 11.8 Å². The van der Waals surface area contributed by atoms with Crippen LogP contribution in [-0.4, -0.2) is 38.6 Å². The van der Waals surface area contributed by atoms with E-state index in [2.05, 4.69) is 10.6 Å². The summed E-state index contributed by atoms with van der Waals surface area (Å²) >= 11 is 0. The second-order valence-electron chi connectivity index (χ2n) is 6.18. The van der Waals surface area contributed by atoms with Gasteiger partial charge in [0, 0.05) is 17.2 Å². The predicted octanol–water partition coefficient (Wildman–Crippen LogP) is 1.46. The molecule has 2 amide bonds. The number of sulfone groups is 1. The highest BCUT2D eigenvalue weighted by Crippen LogP contribution is 2.17. The average Bonchev–Trinajstić information content (AvgIpc) is 2.70. The molecule has 0 heterocycles. The van der Waals surface area contributed by atoms with Crippen LogP contribution in [0, 0.1) is 28.8 Å². The summed E-state index contributed by atoms with van der Waals surface area (Å²) in [6.07, 6.45) is 0. The SMILES string of the molecule is N#CCNC(=O)C(CS(=O)(=O)Cc1cc(F)c(F)cc1F)NC(=O)c1ccccc1. The molecule has 0 saturated carbocycles. The van der Waals surface area contributed by atoms with Gasteiger partial charge in [-0.05, 0) is 18.2 Å². The lowest BCUT2D eigenvalue weighted by atomic mass is 10.2. The Morgan fingerprint density at radius 2 is 1.67 bits per heavy atom. The zero-order valence-corrected chi connectivity index (χ0v) is 16.2. The van der Waals surface area contributed by atoms with E-state index in [4.69, 9.17) is 5.26 Å². The Morgan fingerprint density at radius 1 is 1.03 bits per heavy atom. The van der Waals surface area contributed by atoms with E-state index in [1.807, 2.05) is 0 Å². The van der Waals surface area contributed by atoms with Crippen molar-refractivity contribution in [3.8, 4) is 6.07 Å². The summed E-state index contributed by atoms with van der Waals surface area (Å²) in [6, 6.07) is 8.29. The zero-order chi connectivity index (χ0) is 22.3. The van der Waals surface area contributed by atoms with Crippen molar-refractivity contribution in [1.29, 1.82) is 5.26 Å². The Balaban J connectivity index is 2.23. The van der Waals surface area contributed by atoms with Gasteiger partial charge in [-0.25, -0.2) is 21.6 Å².